The summed E-state index contributed by atoms with van der Waals surface area (Å²) >= 11 is 0. The second kappa shape index (κ2) is 6.74. The van der Waals surface area contributed by atoms with Crippen LogP contribution in [0.5, 0.6) is 0 Å². The van der Waals surface area contributed by atoms with Crippen molar-refractivity contribution in [2.45, 2.75) is 30.7 Å². The minimum Gasteiger partial charge on any atom is -0.317 e. The first-order valence-electron chi connectivity index (χ1n) is 8.80. The van der Waals surface area contributed by atoms with Gasteiger partial charge in [-0.3, -0.25) is 4.68 Å². The quantitative estimate of drug-likeness (QED) is 0.767. The highest BCUT2D eigenvalue weighted by molar-refractivity contribution is 7.90. The molecule has 0 aliphatic carbocycles. The van der Waals surface area contributed by atoms with Crippen LogP contribution in [0.4, 0.5) is 0 Å². The highest BCUT2D eigenvalue weighted by Crippen LogP contribution is 2.27. The van der Waals surface area contributed by atoms with Crippen LogP contribution in [-0.4, -0.2) is 35.3 Å². The van der Waals surface area contributed by atoms with E-state index in [0.29, 0.717) is 11.7 Å². The lowest BCUT2D eigenvalue weighted by Crippen LogP contribution is -2.29. The van der Waals surface area contributed by atoms with E-state index in [-0.39, 0.29) is 4.90 Å². The number of hydrogen-bond acceptors (Lipinski definition) is 4. The summed E-state index contributed by atoms with van der Waals surface area (Å²) in [6, 6.07) is 10.8. The average molecular weight is 370 g/mol. The second-order valence-electron chi connectivity index (χ2n) is 6.70. The van der Waals surface area contributed by atoms with Gasteiger partial charge >= 0.3 is 0 Å². The molecule has 0 amide bonds. The normalized spacial score (nSPS) is 16.0. The molecule has 3 aromatic rings. The number of aromatic nitrogens is 3. The van der Waals surface area contributed by atoms with Crippen LogP contribution in [0.15, 0.2) is 59.9 Å². The van der Waals surface area contributed by atoms with Crippen LogP contribution in [0.2, 0.25) is 0 Å². The number of hydrogen-bond donors (Lipinski definition) is 1. The zero-order valence-corrected chi connectivity index (χ0v) is 15.5. The third-order valence-corrected chi connectivity index (χ3v) is 6.58. The van der Waals surface area contributed by atoms with Crippen molar-refractivity contribution in [3.8, 4) is 11.3 Å². The molecular weight excluding hydrogens is 348 g/mol. The first-order chi connectivity index (χ1) is 12.6. The van der Waals surface area contributed by atoms with E-state index in [4.69, 9.17) is 0 Å². The number of nitrogens with one attached hydrogen (secondary N) is 1. The Labute approximate surface area is 153 Å². The number of nitrogens with zero attached hydrogens (tertiary/aromatic N) is 3. The van der Waals surface area contributed by atoms with Crippen molar-refractivity contribution in [1.29, 1.82) is 0 Å². The fourth-order valence-electron chi connectivity index (χ4n) is 3.36. The van der Waals surface area contributed by atoms with Crippen LogP contribution in [-0.2, 0) is 10.0 Å². The summed E-state index contributed by atoms with van der Waals surface area (Å²) in [5, 5.41) is 7.83. The van der Waals surface area contributed by atoms with E-state index in [2.05, 4.69) is 10.4 Å². The Kier molecular flexibility index (Phi) is 4.42. The highest BCUT2D eigenvalue weighted by Gasteiger charge is 2.22. The Morgan fingerprint density at radius 3 is 2.58 bits per heavy atom. The van der Waals surface area contributed by atoms with Gasteiger partial charge in [0.15, 0.2) is 0 Å². The Morgan fingerprint density at radius 1 is 1.12 bits per heavy atom. The predicted octanol–water partition coefficient (Wildman–Crippen LogP) is 2.82. The molecule has 0 spiro atoms. The van der Waals surface area contributed by atoms with Gasteiger partial charge in [0.1, 0.15) is 0 Å². The molecule has 0 radical (unpaired) electrons. The van der Waals surface area contributed by atoms with Gasteiger partial charge in [0.2, 0.25) is 0 Å². The van der Waals surface area contributed by atoms with Crippen LogP contribution in [0, 0.1) is 6.92 Å². The summed E-state index contributed by atoms with van der Waals surface area (Å²) < 4.78 is 29.4. The van der Waals surface area contributed by atoms with Crippen molar-refractivity contribution in [2.75, 3.05) is 13.1 Å². The van der Waals surface area contributed by atoms with E-state index in [1.54, 1.807) is 30.6 Å². The van der Waals surface area contributed by atoms with Crippen LogP contribution in [0.25, 0.3) is 11.3 Å². The van der Waals surface area contributed by atoms with Crippen molar-refractivity contribution in [2.24, 2.45) is 0 Å². The van der Waals surface area contributed by atoms with Crippen molar-refractivity contribution in [3.05, 3.63) is 60.6 Å². The summed E-state index contributed by atoms with van der Waals surface area (Å²) in [6.45, 7) is 3.91. The molecule has 1 aliphatic heterocycles. The van der Waals surface area contributed by atoms with Crippen LogP contribution >= 0.6 is 0 Å². The van der Waals surface area contributed by atoms with E-state index in [1.807, 2.05) is 36.0 Å². The zero-order chi connectivity index (χ0) is 18.1. The third kappa shape index (κ3) is 3.08. The molecule has 136 valence electrons. The SMILES string of the molecule is Cc1ccc(S(=O)(=O)n2cccc2-c2cnn(C3CCNCC3)c2)cc1. The molecule has 1 aliphatic rings. The monoisotopic (exact) mass is 370 g/mol. The van der Waals surface area contributed by atoms with Crippen molar-refractivity contribution < 1.29 is 8.42 Å². The Balaban J connectivity index is 1.69. The molecule has 0 bridgehead atoms. The van der Waals surface area contributed by atoms with E-state index in [0.717, 1.165) is 37.1 Å². The highest BCUT2D eigenvalue weighted by atomic mass is 32.2. The summed E-state index contributed by atoms with van der Waals surface area (Å²) in [7, 11) is -3.64. The van der Waals surface area contributed by atoms with Crippen molar-refractivity contribution in [1.82, 2.24) is 19.1 Å². The molecule has 1 N–H and O–H groups in total. The summed E-state index contributed by atoms with van der Waals surface area (Å²) in [5.74, 6) is 0. The molecule has 1 fully saturated rings. The van der Waals surface area contributed by atoms with Gasteiger partial charge in [-0.05, 0) is 57.1 Å². The first-order valence-corrected chi connectivity index (χ1v) is 10.2. The Bertz CT molecular complexity index is 996. The molecular formula is C19H22N4O2S. The van der Waals surface area contributed by atoms with E-state index >= 15 is 0 Å². The lowest BCUT2D eigenvalue weighted by atomic mass is 10.1. The Hall–Kier alpha value is -2.38. The van der Waals surface area contributed by atoms with Gasteiger partial charge in [0.25, 0.3) is 10.0 Å². The van der Waals surface area contributed by atoms with Crippen LogP contribution < -0.4 is 5.32 Å². The number of piperidine rings is 1. The molecule has 4 rings (SSSR count). The molecule has 0 atom stereocenters. The smallest absolute Gasteiger partial charge is 0.268 e. The van der Waals surface area contributed by atoms with E-state index in [9.17, 15) is 8.42 Å². The van der Waals surface area contributed by atoms with Gasteiger partial charge in [-0.15, -0.1) is 0 Å². The van der Waals surface area contributed by atoms with Crippen molar-refractivity contribution >= 4 is 10.0 Å². The molecule has 0 saturated carbocycles. The fourth-order valence-corrected chi connectivity index (χ4v) is 4.73. The van der Waals surface area contributed by atoms with E-state index in [1.165, 1.54) is 3.97 Å². The van der Waals surface area contributed by atoms with Gasteiger partial charge in [0, 0.05) is 18.0 Å². The second-order valence-corrected chi connectivity index (χ2v) is 8.51. The molecule has 7 heteroatoms. The maximum absolute atomic E-state index is 13.0. The zero-order valence-electron chi connectivity index (χ0n) is 14.7. The van der Waals surface area contributed by atoms with Gasteiger partial charge in [-0.25, -0.2) is 12.4 Å². The molecule has 2 aromatic heterocycles. The number of benzene rings is 1. The Morgan fingerprint density at radius 2 is 1.85 bits per heavy atom. The number of aryl methyl sites for hydroxylation is 1. The maximum atomic E-state index is 13.0. The maximum Gasteiger partial charge on any atom is 0.268 e. The topological polar surface area (TPSA) is 68.9 Å². The fraction of sp³-hybridized carbons (Fsp3) is 0.316. The minimum absolute atomic E-state index is 0.284. The summed E-state index contributed by atoms with van der Waals surface area (Å²) in [5.41, 5.74) is 2.47. The lowest BCUT2D eigenvalue weighted by Gasteiger charge is -2.22. The molecule has 0 unspecified atom stereocenters. The lowest BCUT2D eigenvalue weighted by molar-refractivity contribution is 0.343. The first kappa shape index (κ1) is 17.1. The molecule has 1 saturated heterocycles. The van der Waals surface area contributed by atoms with Gasteiger partial charge < -0.3 is 5.32 Å². The van der Waals surface area contributed by atoms with Crippen LogP contribution in [0.3, 0.4) is 0 Å². The summed E-state index contributed by atoms with van der Waals surface area (Å²) in [6.07, 6.45) is 7.35. The number of rotatable bonds is 4. The largest absolute Gasteiger partial charge is 0.317 e. The minimum atomic E-state index is -3.64. The van der Waals surface area contributed by atoms with Gasteiger partial charge in [-0.1, -0.05) is 17.7 Å². The predicted molar refractivity (Wildman–Crippen MR) is 101 cm³/mol. The van der Waals surface area contributed by atoms with Crippen LogP contribution in [0.1, 0.15) is 24.4 Å². The van der Waals surface area contributed by atoms with Gasteiger partial charge in [0.05, 0.1) is 22.8 Å². The molecule has 26 heavy (non-hydrogen) atoms. The van der Waals surface area contributed by atoms with E-state index < -0.39 is 10.0 Å². The standard InChI is InChI=1S/C19H22N4O2S/c1-15-4-6-18(7-5-15)26(24,25)23-12-2-3-19(23)16-13-21-22(14-16)17-8-10-20-11-9-17/h2-7,12-14,17,20H,8-11H2,1H3. The van der Waals surface area contributed by atoms with Crippen molar-refractivity contribution in [3.63, 3.8) is 0 Å². The summed E-state index contributed by atoms with van der Waals surface area (Å²) in [4.78, 5) is 0.284. The molecule has 1 aromatic carbocycles. The average Bonchev–Trinajstić information content (AvgIpc) is 3.32. The molecule has 6 nitrogen and oxygen atoms in total. The molecule has 3 heterocycles. The van der Waals surface area contributed by atoms with Gasteiger partial charge in [-0.2, -0.15) is 5.10 Å². The third-order valence-electron chi connectivity index (χ3n) is 4.87.